The number of benzene rings is 1. The molecule has 1 aromatic carbocycles. The van der Waals surface area contributed by atoms with Gasteiger partial charge in [0, 0.05) is 17.5 Å². The first-order valence-corrected chi connectivity index (χ1v) is 6.88. The third kappa shape index (κ3) is 3.91. The molecular formula is C13H16ClN3O3. The highest BCUT2D eigenvalue weighted by atomic mass is 35.5. The van der Waals surface area contributed by atoms with Crippen LogP contribution in [0.25, 0.3) is 0 Å². The van der Waals surface area contributed by atoms with E-state index < -0.39 is 4.92 Å². The second-order valence-corrected chi connectivity index (χ2v) is 5.32. The molecule has 0 aromatic heterocycles. The van der Waals surface area contributed by atoms with Crippen LogP contribution in [0.5, 0.6) is 0 Å². The Balaban J connectivity index is 2.03. The Morgan fingerprint density at radius 2 is 2.35 bits per heavy atom. The number of anilines is 1. The van der Waals surface area contributed by atoms with E-state index in [0.717, 1.165) is 25.9 Å². The topological polar surface area (TPSA) is 84.3 Å². The second-order valence-electron chi connectivity index (χ2n) is 4.88. The molecule has 1 amide bonds. The van der Waals surface area contributed by atoms with Crippen molar-refractivity contribution in [3.63, 3.8) is 0 Å². The molecule has 1 aromatic rings. The van der Waals surface area contributed by atoms with Gasteiger partial charge >= 0.3 is 0 Å². The van der Waals surface area contributed by atoms with E-state index >= 15 is 0 Å². The Kier molecular flexibility index (Phi) is 4.92. The molecule has 7 heteroatoms. The molecule has 1 saturated heterocycles. The van der Waals surface area contributed by atoms with Crippen molar-refractivity contribution in [1.29, 1.82) is 0 Å². The fourth-order valence-electron chi connectivity index (χ4n) is 2.33. The SMILES string of the molecule is O=C(CC1CCCNC1)Nc1cc(Cl)ccc1[N+](=O)[O-]. The number of piperidine rings is 1. The largest absolute Gasteiger partial charge is 0.320 e. The Hall–Kier alpha value is -1.66. The highest BCUT2D eigenvalue weighted by Crippen LogP contribution is 2.28. The molecule has 0 radical (unpaired) electrons. The molecule has 20 heavy (non-hydrogen) atoms. The van der Waals surface area contributed by atoms with Gasteiger partial charge in [0.15, 0.2) is 0 Å². The normalized spacial score (nSPS) is 18.6. The van der Waals surface area contributed by atoms with E-state index in [0.29, 0.717) is 11.4 Å². The Bertz CT molecular complexity index is 516. The van der Waals surface area contributed by atoms with Crippen LogP contribution in [0.4, 0.5) is 11.4 Å². The summed E-state index contributed by atoms with van der Waals surface area (Å²) in [6.07, 6.45) is 2.41. The smallest absolute Gasteiger partial charge is 0.292 e. The monoisotopic (exact) mass is 297 g/mol. The molecule has 1 aliphatic heterocycles. The van der Waals surface area contributed by atoms with Crippen molar-refractivity contribution >= 4 is 28.9 Å². The maximum absolute atomic E-state index is 12.0. The molecule has 6 nitrogen and oxygen atoms in total. The number of carbonyl (C=O) groups excluding carboxylic acids is 1. The van der Waals surface area contributed by atoms with Gasteiger partial charge in [0.25, 0.3) is 5.69 Å². The van der Waals surface area contributed by atoms with Gasteiger partial charge in [-0.3, -0.25) is 14.9 Å². The van der Waals surface area contributed by atoms with E-state index in [-0.39, 0.29) is 23.2 Å². The van der Waals surface area contributed by atoms with Crippen molar-refractivity contribution in [2.24, 2.45) is 5.92 Å². The summed E-state index contributed by atoms with van der Waals surface area (Å²) in [6, 6.07) is 4.12. The van der Waals surface area contributed by atoms with Crippen molar-refractivity contribution in [2.75, 3.05) is 18.4 Å². The minimum Gasteiger partial charge on any atom is -0.320 e. The first kappa shape index (κ1) is 14.7. The molecule has 1 aliphatic rings. The van der Waals surface area contributed by atoms with E-state index in [2.05, 4.69) is 10.6 Å². The molecule has 1 fully saturated rings. The van der Waals surface area contributed by atoms with Gasteiger partial charge in [0.2, 0.25) is 5.91 Å². The summed E-state index contributed by atoms with van der Waals surface area (Å²) in [6.45, 7) is 1.79. The number of hydrogen-bond donors (Lipinski definition) is 2. The quantitative estimate of drug-likeness (QED) is 0.661. The van der Waals surface area contributed by atoms with Crippen molar-refractivity contribution in [3.05, 3.63) is 33.3 Å². The average molecular weight is 298 g/mol. The predicted octanol–water partition coefficient (Wildman–Crippen LogP) is 2.58. The van der Waals surface area contributed by atoms with Crippen molar-refractivity contribution in [3.8, 4) is 0 Å². The summed E-state index contributed by atoms with van der Waals surface area (Å²) < 4.78 is 0. The summed E-state index contributed by atoms with van der Waals surface area (Å²) in [5, 5.41) is 17.1. The lowest BCUT2D eigenvalue weighted by molar-refractivity contribution is -0.383. The van der Waals surface area contributed by atoms with Gasteiger partial charge in [-0.2, -0.15) is 0 Å². The fourth-order valence-corrected chi connectivity index (χ4v) is 2.50. The van der Waals surface area contributed by atoms with E-state index in [1.165, 1.54) is 18.2 Å². The number of amides is 1. The van der Waals surface area contributed by atoms with Crippen LogP contribution < -0.4 is 10.6 Å². The number of halogens is 1. The van der Waals surface area contributed by atoms with Crippen LogP contribution in [0, 0.1) is 16.0 Å². The van der Waals surface area contributed by atoms with Crippen LogP contribution >= 0.6 is 11.6 Å². The minimum atomic E-state index is -0.534. The minimum absolute atomic E-state index is 0.149. The predicted molar refractivity (Wildman–Crippen MR) is 76.9 cm³/mol. The van der Waals surface area contributed by atoms with Crippen LogP contribution in [-0.4, -0.2) is 23.9 Å². The number of nitro benzene ring substituents is 1. The molecule has 0 aliphatic carbocycles. The number of nitro groups is 1. The summed E-state index contributed by atoms with van der Waals surface area (Å²) in [5.74, 6) is 0.0612. The second kappa shape index (κ2) is 6.67. The zero-order chi connectivity index (χ0) is 14.5. The third-order valence-corrected chi connectivity index (χ3v) is 3.54. The van der Waals surface area contributed by atoms with Crippen molar-refractivity contribution in [2.45, 2.75) is 19.3 Å². The average Bonchev–Trinajstić information content (AvgIpc) is 2.39. The van der Waals surface area contributed by atoms with E-state index in [9.17, 15) is 14.9 Å². The lowest BCUT2D eigenvalue weighted by atomic mass is 9.96. The molecule has 2 rings (SSSR count). The molecule has 1 heterocycles. The van der Waals surface area contributed by atoms with Gasteiger partial charge in [0.05, 0.1) is 4.92 Å². The number of nitrogens with one attached hydrogen (secondary N) is 2. The van der Waals surface area contributed by atoms with Gasteiger partial charge in [-0.1, -0.05) is 11.6 Å². The van der Waals surface area contributed by atoms with E-state index in [1.807, 2.05) is 0 Å². The van der Waals surface area contributed by atoms with Gasteiger partial charge < -0.3 is 10.6 Å². The Labute approximate surface area is 121 Å². The number of carbonyl (C=O) groups is 1. The van der Waals surface area contributed by atoms with Crippen LogP contribution in [0.2, 0.25) is 5.02 Å². The molecule has 0 spiro atoms. The molecule has 0 saturated carbocycles. The lowest BCUT2D eigenvalue weighted by Crippen LogP contribution is -2.32. The van der Waals surface area contributed by atoms with E-state index in [1.54, 1.807) is 0 Å². The van der Waals surface area contributed by atoms with Crippen LogP contribution in [0.15, 0.2) is 18.2 Å². The van der Waals surface area contributed by atoms with Gasteiger partial charge in [0.1, 0.15) is 5.69 Å². The molecule has 108 valence electrons. The Morgan fingerprint density at radius 3 is 3.00 bits per heavy atom. The molecule has 0 bridgehead atoms. The van der Waals surface area contributed by atoms with Gasteiger partial charge in [-0.25, -0.2) is 0 Å². The zero-order valence-electron chi connectivity index (χ0n) is 10.9. The first-order chi connectivity index (χ1) is 9.56. The molecular weight excluding hydrogens is 282 g/mol. The van der Waals surface area contributed by atoms with Crippen LogP contribution in [0.3, 0.4) is 0 Å². The van der Waals surface area contributed by atoms with Crippen LogP contribution in [0.1, 0.15) is 19.3 Å². The zero-order valence-corrected chi connectivity index (χ0v) is 11.7. The summed E-state index contributed by atoms with van der Waals surface area (Å²) in [5.41, 5.74) is 0.000729. The highest BCUT2D eigenvalue weighted by Gasteiger charge is 2.20. The van der Waals surface area contributed by atoms with Crippen LogP contribution in [-0.2, 0) is 4.79 Å². The number of hydrogen-bond acceptors (Lipinski definition) is 4. The third-order valence-electron chi connectivity index (χ3n) is 3.30. The van der Waals surface area contributed by atoms with Crippen molar-refractivity contribution < 1.29 is 9.72 Å². The molecule has 1 atom stereocenters. The lowest BCUT2D eigenvalue weighted by Gasteiger charge is -2.22. The maximum Gasteiger partial charge on any atom is 0.292 e. The molecule has 2 N–H and O–H groups in total. The standard InChI is InChI=1S/C13H16ClN3O3/c14-10-3-4-12(17(19)20)11(7-10)16-13(18)6-9-2-1-5-15-8-9/h3-4,7,9,15H,1-2,5-6,8H2,(H,16,18). The van der Waals surface area contributed by atoms with Crippen molar-refractivity contribution in [1.82, 2.24) is 5.32 Å². The fraction of sp³-hybridized carbons (Fsp3) is 0.462. The summed E-state index contributed by atoms with van der Waals surface area (Å²) in [4.78, 5) is 22.3. The summed E-state index contributed by atoms with van der Waals surface area (Å²) >= 11 is 5.81. The molecule has 1 unspecified atom stereocenters. The van der Waals surface area contributed by atoms with E-state index in [4.69, 9.17) is 11.6 Å². The highest BCUT2D eigenvalue weighted by molar-refractivity contribution is 6.31. The number of nitrogens with zero attached hydrogens (tertiary/aromatic N) is 1. The Morgan fingerprint density at radius 1 is 1.55 bits per heavy atom. The first-order valence-electron chi connectivity index (χ1n) is 6.51. The summed E-state index contributed by atoms with van der Waals surface area (Å²) in [7, 11) is 0. The van der Waals surface area contributed by atoms with Gasteiger partial charge in [-0.15, -0.1) is 0 Å². The van der Waals surface area contributed by atoms with Gasteiger partial charge in [-0.05, 0) is 44.0 Å². The number of rotatable bonds is 4. The maximum atomic E-state index is 12.0.